The van der Waals surface area contributed by atoms with E-state index in [4.69, 9.17) is 4.98 Å². The Morgan fingerprint density at radius 3 is 2.62 bits per heavy atom. The molecule has 21 heavy (non-hydrogen) atoms. The molecule has 0 radical (unpaired) electrons. The average Bonchev–Trinajstić information content (AvgIpc) is 2.85. The first kappa shape index (κ1) is 15.0. The molecule has 2 aromatic heterocycles. The van der Waals surface area contributed by atoms with Crippen molar-refractivity contribution in [2.45, 2.75) is 65.7 Å². The molecular weight excluding hydrogens is 276 g/mol. The highest BCUT2D eigenvalue weighted by molar-refractivity contribution is 7.13. The van der Waals surface area contributed by atoms with E-state index in [-0.39, 0.29) is 0 Å². The van der Waals surface area contributed by atoms with Gasteiger partial charge in [0.25, 0.3) is 0 Å². The predicted octanol–water partition coefficient (Wildman–Crippen LogP) is 5.49. The Bertz CT molecular complexity index is 621. The van der Waals surface area contributed by atoms with Crippen LogP contribution >= 0.6 is 11.5 Å². The number of rotatable bonds is 3. The second-order valence-corrected chi connectivity index (χ2v) is 7.91. The fourth-order valence-corrected chi connectivity index (χ4v) is 4.59. The molecule has 2 heterocycles. The van der Waals surface area contributed by atoms with Crippen LogP contribution in [0.1, 0.15) is 69.3 Å². The van der Waals surface area contributed by atoms with Crippen molar-refractivity contribution in [3.8, 4) is 0 Å². The van der Waals surface area contributed by atoms with Gasteiger partial charge >= 0.3 is 0 Å². The van der Waals surface area contributed by atoms with Gasteiger partial charge in [0.2, 0.25) is 0 Å². The Kier molecular flexibility index (Phi) is 4.30. The number of pyridine rings is 1. The summed E-state index contributed by atoms with van der Waals surface area (Å²) in [5, 5.41) is 1.36. The van der Waals surface area contributed by atoms with Crippen LogP contribution in [0, 0.1) is 18.8 Å². The van der Waals surface area contributed by atoms with E-state index in [1.807, 2.05) is 0 Å². The molecule has 2 nitrogen and oxygen atoms in total. The van der Waals surface area contributed by atoms with Crippen LogP contribution in [0.2, 0.25) is 0 Å². The summed E-state index contributed by atoms with van der Waals surface area (Å²) >= 11 is 1.57. The maximum absolute atomic E-state index is 4.70. The minimum Gasteiger partial charge on any atom is -0.241 e. The van der Waals surface area contributed by atoms with Crippen molar-refractivity contribution < 1.29 is 0 Å². The van der Waals surface area contributed by atoms with E-state index >= 15 is 0 Å². The molecule has 0 amide bonds. The molecule has 0 aromatic carbocycles. The van der Waals surface area contributed by atoms with Crippen LogP contribution in [-0.2, 0) is 6.42 Å². The number of nitrogens with zero attached hydrogens (tertiary/aromatic N) is 2. The summed E-state index contributed by atoms with van der Waals surface area (Å²) in [6, 6.07) is 2.31. The summed E-state index contributed by atoms with van der Waals surface area (Å²) in [6.07, 6.45) is 6.79. The van der Waals surface area contributed by atoms with Gasteiger partial charge < -0.3 is 0 Å². The van der Waals surface area contributed by atoms with Crippen LogP contribution in [0.4, 0.5) is 0 Å². The first-order chi connectivity index (χ1) is 10.0. The van der Waals surface area contributed by atoms with Crippen LogP contribution in [0.25, 0.3) is 10.2 Å². The molecule has 0 spiro atoms. The van der Waals surface area contributed by atoms with Crippen molar-refractivity contribution >= 4 is 21.7 Å². The van der Waals surface area contributed by atoms with E-state index in [1.165, 1.54) is 48.7 Å². The smallest absolute Gasteiger partial charge is 0.144 e. The van der Waals surface area contributed by atoms with Crippen LogP contribution in [0.15, 0.2) is 6.07 Å². The lowest BCUT2D eigenvalue weighted by Gasteiger charge is -2.26. The molecule has 2 aromatic rings. The lowest BCUT2D eigenvalue weighted by atomic mass is 9.79. The summed E-state index contributed by atoms with van der Waals surface area (Å²) in [6.45, 7) is 8.98. The van der Waals surface area contributed by atoms with Crippen molar-refractivity contribution in [2.75, 3.05) is 0 Å². The molecule has 3 rings (SSSR count). The lowest BCUT2D eigenvalue weighted by Crippen LogP contribution is -2.14. The molecule has 0 N–H and O–H groups in total. The third-order valence-corrected chi connectivity index (χ3v) is 5.63. The fraction of sp³-hybridized carbons (Fsp3) is 0.667. The number of aryl methyl sites for hydroxylation is 1. The maximum Gasteiger partial charge on any atom is 0.144 e. The monoisotopic (exact) mass is 302 g/mol. The molecular formula is C18H26N2S. The predicted molar refractivity (Wildman–Crippen MR) is 91.1 cm³/mol. The Morgan fingerprint density at radius 1 is 1.24 bits per heavy atom. The van der Waals surface area contributed by atoms with Crippen LogP contribution in [0.3, 0.4) is 0 Å². The van der Waals surface area contributed by atoms with E-state index < -0.39 is 0 Å². The van der Waals surface area contributed by atoms with Gasteiger partial charge in [0.1, 0.15) is 4.83 Å². The van der Waals surface area contributed by atoms with Gasteiger partial charge in [-0.1, -0.05) is 33.6 Å². The zero-order valence-electron chi connectivity index (χ0n) is 13.6. The molecule has 0 atom stereocenters. The van der Waals surface area contributed by atoms with E-state index in [0.717, 1.165) is 22.4 Å². The molecule has 0 saturated heterocycles. The highest BCUT2D eigenvalue weighted by Gasteiger charge is 2.22. The van der Waals surface area contributed by atoms with E-state index in [9.17, 15) is 0 Å². The topological polar surface area (TPSA) is 25.8 Å². The molecule has 0 unspecified atom stereocenters. The van der Waals surface area contributed by atoms with E-state index in [1.54, 1.807) is 11.5 Å². The molecule has 3 heteroatoms. The second kappa shape index (κ2) is 6.04. The van der Waals surface area contributed by atoms with Crippen molar-refractivity contribution in [1.29, 1.82) is 0 Å². The summed E-state index contributed by atoms with van der Waals surface area (Å²) in [7, 11) is 0. The molecule has 1 fully saturated rings. The zero-order valence-corrected chi connectivity index (χ0v) is 14.5. The quantitative estimate of drug-likeness (QED) is 0.749. The minimum absolute atomic E-state index is 0.480. The van der Waals surface area contributed by atoms with Crippen molar-refractivity contribution in [1.82, 2.24) is 9.36 Å². The van der Waals surface area contributed by atoms with E-state index in [2.05, 4.69) is 38.1 Å². The normalized spacial score (nSPS) is 23.1. The Labute approximate surface area is 132 Å². The summed E-state index contributed by atoms with van der Waals surface area (Å²) in [5.74, 6) is 2.26. The van der Waals surface area contributed by atoms with Gasteiger partial charge in [-0.05, 0) is 67.1 Å². The number of hydrogen-bond acceptors (Lipinski definition) is 3. The van der Waals surface area contributed by atoms with Crippen molar-refractivity contribution in [2.24, 2.45) is 11.8 Å². The standard InChI is InChI=1S/C18H26N2S/c1-11(2)17-16-15(9-13(4)19-18(16)21-20-17)10-14-7-5-12(3)6-8-14/h9,11-12,14H,5-8,10H2,1-4H3. The van der Waals surface area contributed by atoms with Gasteiger partial charge in [-0.2, -0.15) is 4.37 Å². The maximum atomic E-state index is 4.70. The molecule has 1 aliphatic carbocycles. The SMILES string of the molecule is Cc1cc(CC2CCC(C)CC2)c2c(C(C)C)nsc2n1. The van der Waals surface area contributed by atoms with Crippen LogP contribution < -0.4 is 0 Å². The minimum atomic E-state index is 0.480. The second-order valence-electron chi connectivity index (χ2n) is 7.16. The van der Waals surface area contributed by atoms with Crippen LogP contribution in [-0.4, -0.2) is 9.36 Å². The van der Waals surface area contributed by atoms with Gasteiger partial charge in [-0.15, -0.1) is 0 Å². The van der Waals surface area contributed by atoms with Crippen molar-refractivity contribution in [3.63, 3.8) is 0 Å². The van der Waals surface area contributed by atoms with Gasteiger partial charge in [0, 0.05) is 11.1 Å². The van der Waals surface area contributed by atoms with Gasteiger partial charge in [-0.3, -0.25) is 0 Å². The number of hydrogen-bond donors (Lipinski definition) is 0. The van der Waals surface area contributed by atoms with Gasteiger partial charge in [0.05, 0.1) is 5.69 Å². The molecule has 1 saturated carbocycles. The van der Waals surface area contributed by atoms with Gasteiger partial charge in [0.15, 0.2) is 0 Å². The highest BCUT2D eigenvalue weighted by Crippen LogP contribution is 2.35. The third kappa shape index (κ3) is 3.13. The fourth-order valence-electron chi connectivity index (χ4n) is 3.59. The number of aromatic nitrogens is 2. The molecule has 114 valence electrons. The summed E-state index contributed by atoms with van der Waals surface area (Å²) < 4.78 is 4.68. The first-order valence-electron chi connectivity index (χ1n) is 8.30. The van der Waals surface area contributed by atoms with Gasteiger partial charge in [-0.25, -0.2) is 4.98 Å². The molecule has 0 aliphatic heterocycles. The van der Waals surface area contributed by atoms with Crippen LogP contribution in [0.5, 0.6) is 0 Å². The first-order valence-corrected chi connectivity index (χ1v) is 9.07. The number of fused-ring (bicyclic) bond motifs is 1. The summed E-state index contributed by atoms with van der Waals surface area (Å²) in [4.78, 5) is 5.84. The third-order valence-electron chi connectivity index (χ3n) is 4.87. The Hall–Kier alpha value is -0.960. The highest BCUT2D eigenvalue weighted by atomic mass is 32.1. The Morgan fingerprint density at radius 2 is 1.95 bits per heavy atom. The summed E-state index contributed by atoms with van der Waals surface area (Å²) in [5.41, 5.74) is 3.89. The molecule has 1 aliphatic rings. The van der Waals surface area contributed by atoms with Crippen molar-refractivity contribution in [3.05, 3.63) is 23.0 Å². The lowest BCUT2D eigenvalue weighted by molar-refractivity contribution is 0.289. The zero-order chi connectivity index (χ0) is 15.0. The van der Waals surface area contributed by atoms with E-state index in [0.29, 0.717) is 5.92 Å². The average molecular weight is 302 g/mol. The largest absolute Gasteiger partial charge is 0.241 e. The molecule has 0 bridgehead atoms. The Balaban J connectivity index is 1.94.